The van der Waals surface area contributed by atoms with Crippen molar-refractivity contribution in [3.63, 3.8) is 0 Å². The van der Waals surface area contributed by atoms with Crippen LogP contribution in [0.4, 0.5) is 5.69 Å². The number of sulfonamides is 1. The van der Waals surface area contributed by atoms with E-state index < -0.39 is 28.5 Å². The van der Waals surface area contributed by atoms with E-state index >= 15 is 0 Å². The maximum Gasteiger partial charge on any atom is 0.244 e. The Kier molecular flexibility index (Phi) is 9.57. The van der Waals surface area contributed by atoms with Gasteiger partial charge in [0.05, 0.1) is 22.0 Å². The first kappa shape index (κ1) is 27.0. The molecular weight excluding hydrogens is 485 g/mol. The Morgan fingerprint density at radius 3 is 2.39 bits per heavy atom. The largest absolute Gasteiger partial charge is 0.354 e. The number of nitrogens with one attached hydrogen (secondary N) is 1. The molecule has 0 saturated heterocycles. The lowest BCUT2D eigenvalue weighted by Crippen LogP contribution is -2.51. The van der Waals surface area contributed by atoms with Crippen LogP contribution < -0.4 is 9.62 Å². The minimum absolute atomic E-state index is 0.0244. The zero-order chi connectivity index (χ0) is 24.8. The van der Waals surface area contributed by atoms with Crippen molar-refractivity contribution in [2.24, 2.45) is 0 Å². The second-order valence-electron chi connectivity index (χ2n) is 7.82. The van der Waals surface area contributed by atoms with E-state index in [2.05, 4.69) is 5.32 Å². The van der Waals surface area contributed by atoms with Crippen molar-refractivity contribution in [1.82, 2.24) is 10.2 Å². The molecule has 0 aliphatic rings. The standard InChI is InChI=1S/C23H29Cl2N3O4S/c1-5-12-26-23(30)17(3)27(14-18-9-6-8-16(2)13-18)21(29)15-28(33(4,31)32)20-11-7-10-19(24)22(20)25/h6-11,13,17H,5,12,14-15H2,1-4H3,(H,26,30)/t17-/m0/s1. The molecule has 180 valence electrons. The van der Waals surface area contributed by atoms with Gasteiger partial charge in [0.1, 0.15) is 12.6 Å². The van der Waals surface area contributed by atoms with Crippen LogP contribution in [0.15, 0.2) is 42.5 Å². The third kappa shape index (κ3) is 7.35. The maximum atomic E-state index is 13.4. The lowest BCUT2D eigenvalue weighted by molar-refractivity contribution is -0.139. The first-order chi connectivity index (χ1) is 15.5. The lowest BCUT2D eigenvalue weighted by atomic mass is 10.1. The van der Waals surface area contributed by atoms with Gasteiger partial charge in [0.15, 0.2) is 0 Å². The van der Waals surface area contributed by atoms with Crippen LogP contribution in [0.2, 0.25) is 10.0 Å². The van der Waals surface area contributed by atoms with E-state index in [1.165, 1.54) is 17.0 Å². The zero-order valence-corrected chi connectivity index (χ0v) is 21.5. The zero-order valence-electron chi connectivity index (χ0n) is 19.1. The van der Waals surface area contributed by atoms with Crippen molar-refractivity contribution in [2.45, 2.75) is 39.8 Å². The molecule has 7 nitrogen and oxygen atoms in total. The average Bonchev–Trinajstić information content (AvgIpc) is 2.75. The Bertz CT molecular complexity index is 1110. The molecule has 0 heterocycles. The number of aryl methyl sites for hydroxylation is 1. The predicted octanol–water partition coefficient (Wildman–Crippen LogP) is 4.01. The van der Waals surface area contributed by atoms with Crippen LogP contribution in [-0.2, 0) is 26.2 Å². The van der Waals surface area contributed by atoms with E-state index in [9.17, 15) is 18.0 Å². The summed E-state index contributed by atoms with van der Waals surface area (Å²) >= 11 is 12.3. The Morgan fingerprint density at radius 2 is 1.79 bits per heavy atom. The first-order valence-corrected chi connectivity index (χ1v) is 13.1. The molecule has 2 amide bonds. The molecule has 10 heteroatoms. The Morgan fingerprint density at radius 1 is 1.12 bits per heavy atom. The minimum Gasteiger partial charge on any atom is -0.354 e. The maximum absolute atomic E-state index is 13.4. The van der Waals surface area contributed by atoms with Gasteiger partial charge in [0.25, 0.3) is 0 Å². The van der Waals surface area contributed by atoms with Gasteiger partial charge in [-0.3, -0.25) is 13.9 Å². The van der Waals surface area contributed by atoms with Crippen LogP contribution in [0.1, 0.15) is 31.4 Å². The molecule has 2 rings (SSSR count). The monoisotopic (exact) mass is 513 g/mol. The van der Waals surface area contributed by atoms with Gasteiger partial charge in [0, 0.05) is 13.1 Å². The number of amides is 2. The van der Waals surface area contributed by atoms with E-state index in [4.69, 9.17) is 23.2 Å². The SMILES string of the molecule is CCCNC(=O)[C@H](C)N(Cc1cccc(C)c1)C(=O)CN(c1cccc(Cl)c1Cl)S(C)(=O)=O. The van der Waals surface area contributed by atoms with Gasteiger partial charge in [-0.1, -0.05) is 66.0 Å². The highest BCUT2D eigenvalue weighted by Crippen LogP contribution is 2.33. The van der Waals surface area contributed by atoms with Gasteiger partial charge >= 0.3 is 0 Å². The third-order valence-electron chi connectivity index (χ3n) is 5.03. The van der Waals surface area contributed by atoms with Crippen LogP contribution in [0.3, 0.4) is 0 Å². The topological polar surface area (TPSA) is 86.8 Å². The van der Waals surface area contributed by atoms with Crippen molar-refractivity contribution < 1.29 is 18.0 Å². The first-order valence-electron chi connectivity index (χ1n) is 10.5. The van der Waals surface area contributed by atoms with Gasteiger partial charge < -0.3 is 10.2 Å². The number of anilines is 1. The molecule has 33 heavy (non-hydrogen) atoms. The van der Waals surface area contributed by atoms with Crippen molar-refractivity contribution in [3.8, 4) is 0 Å². The number of halogens is 2. The molecule has 0 fully saturated rings. The number of hydrogen-bond donors (Lipinski definition) is 1. The summed E-state index contributed by atoms with van der Waals surface area (Å²) < 4.78 is 26.1. The molecule has 0 saturated carbocycles. The summed E-state index contributed by atoms with van der Waals surface area (Å²) in [6.45, 7) is 5.57. The Labute approximate surface area is 205 Å². The molecule has 2 aromatic carbocycles. The Balaban J connectivity index is 2.42. The van der Waals surface area contributed by atoms with Gasteiger partial charge in [-0.2, -0.15) is 0 Å². The van der Waals surface area contributed by atoms with E-state index in [1.54, 1.807) is 13.0 Å². The summed E-state index contributed by atoms with van der Waals surface area (Å²) in [5.74, 6) is -0.860. The number of benzene rings is 2. The van der Waals surface area contributed by atoms with Crippen LogP contribution in [0, 0.1) is 6.92 Å². The summed E-state index contributed by atoms with van der Waals surface area (Å²) in [6.07, 6.45) is 1.74. The highest BCUT2D eigenvalue weighted by atomic mass is 35.5. The summed E-state index contributed by atoms with van der Waals surface area (Å²) in [6, 6.07) is 11.3. The smallest absolute Gasteiger partial charge is 0.244 e. The van der Waals surface area contributed by atoms with Crippen molar-refractivity contribution in [2.75, 3.05) is 23.7 Å². The minimum atomic E-state index is -3.88. The molecule has 0 aliphatic heterocycles. The predicted molar refractivity (Wildman–Crippen MR) is 133 cm³/mol. The fraction of sp³-hybridized carbons (Fsp3) is 0.391. The quantitative estimate of drug-likeness (QED) is 0.519. The molecular formula is C23H29Cl2N3O4S. The fourth-order valence-electron chi connectivity index (χ4n) is 3.27. The molecule has 1 atom stereocenters. The molecule has 0 spiro atoms. The summed E-state index contributed by atoms with van der Waals surface area (Å²) in [5, 5.41) is 2.98. The fourth-order valence-corrected chi connectivity index (χ4v) is 4.57. The third-order valence-corrected chi connectivity index (χ3v) is 6.97. The molecule has 0 radical (unpaired) electrons. The summed E-state index contributed by atoms with van der Waals surface area (Å²) in [5.41, 5.74) is 1.93. The van der Waals surface area contributed by atoms with Gasteiger partial charge in [-0.25, -0.2) is 8.42 Å². The summed E-state index contributed by atoms with van der Waals surface area (Å²) in [4.78, 5) is 27.5. The number of hydrogen-bond acceptors (Lipinski definition) is 4. The van der Waals surface area contributed by atoms with Gasteiger partial charge in [-0.05, 0) is 38.0 Å². The van der Waals surface area contributed by atoms with Crippen LogP contribution in [-0.4, -0.2) is 50.5 Å². The van der Waals surface area contributed by atoms with Crippen molar-refractivity contribution >= 4 is 50.7 Å². The molecule has 0 aromatic heterocycles. The van der Waals surface area contributed by atoms with Crippen molar-refractivity contribution in [3.05, 3.63) is 63.6 Å². The van der Waals surface area contributed by atoms with Crippen LogP contribution >= 0.6 is 23.2 Å². The molecule has 1 N–H and O–H groups in total. The molecule has 0 unspecified atom stereocenters. The molecule has 0 aliphatic carbocycles. The molecule has 0 bridgehead atoms. The van der Waals surface area contributed by atoms with Gasteiger partial charge in [0.2, 0.25) is 21.8 Å². The van der Waals surface area contributed by atoms with E-state index in [-0.39, 0.29) is 28.2 Å². The molecule has 2 aromatic rings. The summed E-state index contributed by atoms with van der Waals surface area (Å²) in [7, 11) is -3.88. The number of rotatable bonds is 10. The van der Waals surface area contributed by atoms with Crippen molar-refractivity contribution in [1.29, 1.82) is 0 Å². The normalized spacial score (nSPS) is 12.2. The average molecular weight is 514 g/mol. The number of carbonyl (C=O) groups excluding carboxylic acids is 2. The second kappa shape index (κ2) is 11.7. The number of nitrogens with zero attached hydrogens (tertiary/aromatic N) is 2. The van der Waals surface area contributed by atoms with Gasteiger partial charge in [-0.15, -0.1) is 0 Å². The Hall–Kier alpha value is -2.29. The van der Waals surface area contributed by atoms with Crippen LogP contribution in [0.5, 0.6) is 0 Å². The highest BCUT2D eigenvalue weighted by Gasteiger charge is 2.31. The van der Waals surface area contributed by atoms with E-state index in [0.717, 1.165) is 28.1 Å². The number of carbonyl (C=O) groups is 2. The second-order valence-corrected chi connectivity index (χ2v) is 10.5. The van der Waals surface area contributed by atoms with E-state index in [1.807, 2.05) is 38.1 Å². The van der Waals surface area contributed by atoms with E-state index in [0.29, 0.717) is 6.54 Å². The lowest BCUT2D eigenvalue weighted by Gasteiger charge is -2.31. The highest BCUT2D eigenvalue weighted by molar-refractivity contribution is 7.92. The van der Waals surface area contributed by atoms with Crippen LogP contribution in [0.25, 0.3) is 0 Å².